The fourth-order valence-electron chi connectivity index (χ4n) is 2.66. The first-order valence-corrected chi connectivity index (χ1v) is 6.51. The average molecular weight is 236 g/mol. The molecule has 1 atom stereocenters. The van der Waals surface area contributed by atoms with Crippen LogP contribution >= 0.6 is 0 Å². The molecule has 2 heterocycles. The maximum Gasteiger partial charge on any atom is 0.0686 e. The normalized spacial score (nSPS) is 18.5. The van der Waals surface area contributed by atoms with Gasteiger partial charge >= 0.3 is 0 Å². The van der Waals surface area contributed by atoms with Gasteiger partial charge in [-0.15, -0.1) is 0 Å². The number of fused-ring (bicyclic) bond motifs is 1. The van der Waals surface area contributed by atoms with Gasteiger partial charge in [0.15, 0.2) is 0 Å². The van der Waals surface area contributed by atoms with Crippen molar-refractivity contribution in [3.63, 3.8) is 0 Å². The quantitative estimate of drug-likeness (QED) is 0.799. The summed E-state index contributed by atoms with van der Waals surface area (Å²) in [4.78, 5) is 0. The Morgan fingerprint density at radius 1 is 1.41 bits per heavy atom. The maximum absolute atomic E-state index is 4.69. The Balaban J connectivity index is 2.34. The summed E-state index contributed by atoms with van der Waals surface area (Å²) >= 11 is 0. The molecule has 0 radical (unpaired) electrons. The molecule has 1 aromatic rings. The summed E-state index contributed by atoms with van der Waals surface area (Å²) in [6.45, 7) is 6.63. The van der Waals surface area contributed by atoms with E-state index >= 15 is 0 Å². The van der Waals surface area contributed by atoms with Gasteiger partial charge in [0.25, 0.3) is 0 Å². The van der Waals surface area contributed by atoms with E-state index < -0.39 is 0 Å². The molecule has 1 aliphatic rings. The second kappa shape index (κ2) is 4.78. The molecule has 4 heteroatoms. The fourth-order valence-corrected chi connectivity index (χ4v) is 2.66. The van der Waals surface area contributed by atoms with Gasteiger partial charge in [0, 0.05) is 51.9 Å². The Morgan fingerprint density at radius 2 is 2.12 bits per heavy atom. The summed E-state index contributed by atoms with van der Waals surface area (Å²) in [7, 11) is 6.31. The predicted octanol–water partition coefficient (Wildman–Crippen LogP) is 1.77. The third kappa shape index (κ3) is 2.24. The van der Waals surface area contributed by atoms with Gasteiger partial charge in [-0.2, -0.15) is 5.10 Å². The molecule has 0 fully saturated rings. The summed E-state index contributed by atoms with van der Waals surface area (Å²) in [6, 6.07) is 0. The Morgan fingerprint density at radius 3 is 2.71 bits per heavy atom. The van der Waals surface area contributed by atoms with Crippen molar-refractivity contribution < 1.29 is 0 Å². The highest BCUT2D eigenvalue weighted by molar-refractivity contribution is 5.30. The molecule has 0 bridgehead atoms. The number of nitrogens with zero attached hydrogens (tertiary/aromatic N) is 4. The van der Waals surface area contributed by atoms with Crippen molar-refractivity contribution in [2.45, 2.75) is 39.2 Å². The molecule has 0 aliphatic carbocycles. The number of aryl methyl sites for hydroxylation is 1. The van der Waals surface area contributed by atoms with Crippen LogP contribution in [0.15, 0.2) is 0 Å². The first-order chi connectivity index (χ1) is 8.04. The molecule has 0 spiro atoms. The van der Waals surface area contributed by atoms with Crippen molar-refractivity contribution in [2.24, 2.45) is 7.05 Å². The van der Waals surface area contributed by atoms with Crippen molar-refractivity contribution >= 4 is 0 Å². The Bertz CT molecular complexity index is 394. The summed E-state index contributed by atoms with van der Waals surface area (Å²) in [5.41, 5.74) is 4.19. The van der Waals surface area contributed by atoms with Gasteiger partial charge in [-0.25, -0.2) is 10.0 Å². The number of hydrogen-bond donors (Lipinski definition) is 0. The van der Waals surface area contributed by atoms with Gasteiger partial charge in [-0.3, -0.25) is 4.68 Å². The van der Waals surface area contributed by atoms with Gasteiger partial charge in [0.1, 0.15) is 0 Å². The monoisotopic (exact) mass is 236 g/mol. The summed E-state index contributed by atoms with van der Waals surface area (Å²) in [5, 5.41) is 9.26. The summed E-state index contributed by atoms with van der Waals surface area (Å²) < 4.78 is 2.10. The molecule has 1 aliphatic heterocycles. The second-order valence-electron chi connectivity index (χ2n) is 5.23. The van der Waals surface area contributed by atoms with E-state index in [-0.39, 0.29) is 0 Å². The lowest BCUT2D eigenvalue weighted by Gasteiger charge is -2.32. The standard InChI is InChI=1S/C13H24N4/c1-6-10(2)13-11-9-17(15(3)4)8-7-12(11)14-16(13)5/h10H,6-9H2,1-5H3. The van der Waals surface area contributed by atoms with Crippen LogP contribution in [-0.4, -0.2) is 40.4 Å². The van der Waals surface area contributed by atoms with E-state index in [0.717, 1.165) is 19.5 Å². The lowest BCUT2D eigenvalue weighted by Crippen LogP contribution is -2.40. The molecule has 0 saturated heterocycles. The highest BCUT2D eigenvalue weighted by Crippen LogP contribution is 2.29. The topological polar surface area (TPSA) is 24.3 Å². The minimum atomic E-state index is 0.596. The van der Waals surface area contributed by atoms with E-state index in [4.69, 9.17) is 0 Å². The van der Waals surface area contributed by atoms with Gasteiger partial charge in [-0.1, -0.05) is 13.8 Å². The molecule has 4 nitrogen and oxygen atoms in total. The third-order valence-electron chi connectivity index (χ3n) is 3.87. The number of aromatic nitrogens is 2. The molecular weight excluding hydrogens is 212 g/mol. The van der Waals surface area contributed by atoms with E-state index in [1.165, 1.54) is 23.4 Å². The van der Waals surface area contributed by atoms with Crippen molar-refractivity contribution in [1.29, 1.82) is 0 Å². The minimum absolute atomic E-state index is 0.596. The smallest absolute Gasteiger partial charge is 0.0686 e. The van der Waals surface area contributed by atoms with Crippen molar-refractivity contribution in [3.8, 4) is 0 Å². The van der Waals surface area contributed by atoms with E-state index in [1.54, 1.807) is 0 Å². The Labute approximate surface area is 104 Å². The van der Waals surface area contributed by atoms with E-state index in [1.807, 2.05) is 0 Å². The third-order valence-corrected chi connectivity index (χ3v) is 3.87. The van der Waals surface area contributed by atoms with Crippen LogP contribution in [0.25, 0.3) is 0 Å². The van der Waals surface area contributed by atoms with E-state index in [0.29, 0.717) is 5.92 Å². The fraction of sp³-hybridized carbons (Fsp3) is 0.769. The van der Waals surface area contributed by atoms with Crippen LogP contribution in [0.1, 0.15) is 43.1 Å². The second-order valence-corrected chi connectivity index (χ2v) is 5.23. The number of hydrazine groups is 1. The first kappa shape index (κ1) is 12.6. The van der Waals surface area contributed by atoms with Crippen LogP contribution in [-0.2, 0) is 20.0 Å². The van der Waals surface area contributed by atoms with Crippen molar-refractivity contribution in [1.82, 2.24) is 19.8 Å². The molecule has 1 aromatic heterocycles. The minimum Gasteiger partial charge on any atom is -0.272 e. The highest BCUT2D eigenvalue weighted by atomic mass is 15.6. The first-order valence-electron chi connectivity index (χ1n) is 6.51. The number of hydrogen-bond acceptors (Lipinski definition) is 3. The molecule has 0 saturated carbocycles. The van der Waals surface area contributed by atoms with Crippen LogP contribution in [0.2, 0.25) is 0 Å². The van der Waals surface area contributed by atoms with Gasteiger partial charge in [0.05, 0.1) is 5.69 Å². The van der Waals surface area contributed by atoms with Crippen LogP contribution in [0, 0.1) is 0 Å². The molecule has 0 aromatic carbocycles. The molecule has 0 N–H and O–H groups in total. The Hall–Kier alpha value is -0.870. The largest absolute Gasteiger partial charge is 0.272 e. The molecule has 17 heavy (non-hydrogen) atoms. The van der Waals surface area contributed by atoms with Gasteiger partial charge in [0.2, 0.25) is 0 Å². The zero-order valence-electron chi connectivity index (χ0n) is 11.7. The lowest BCUT2D eigenvalue weighted by molar-refractivity contribution is 0.0106. The maximum atomic E-state index is 4.69. The van der Waals surface area contributed by atoms with Crippen molar-refractivity contribution in [3.05, 3.63) is 17.0 Å². The number of rotatable bonds is 3. The van der Waals surface area contributed by atoms with Crippen LogP contribution in [0.4, 0.5) is 0 Å². The zero-order valence-corrected chi connectivity index (χ0v) is 11.7. The average Bonchev–Trinajstić information content (AvgIpc) is 2.62. The molecule has 96 valence electrons. The summed E-state index contributed by atoms with van der Waals surface area (Å²) in [5.74, 6) is 0.596. The molecule has 0 amide bonds. The molecular formula is C13H24N4. The predicted molar refractivity (Wildman–Crippen MR) is 69.7 cm³/mol. The highest BCUT2D eigenvalue weighted by Gasteiger charge is 2.26. The van der Waals surface area contributed by atoms with Crippen LogP contribution in [0.5, 0.6) is 0 Å². The van der Waals surface area contributed by atoms with Gasteiger partial charge in [-0.05, 0) is 12.3 Å². The molecule has 2 rings (SSSR count). The van der Waals surface area contributed by atoms with Gasteiger partial charge < -0.3 is 0 Å². The van der Waals surface area contributed by atoms with E-state index in [9.17, 15) is 0 Å². The van der Waals surface area contributed by atoms with Crippen LogP contribution < -0.4 is 0 Å². The lowest BCUT2D eigenvalue weighted by atomic mass is 9.97. The Kier molecular flexibility index (Phi) is 3.54. The molecule has 1 unspecified atom stereocenters. The van der Waals surface area contributed by atoms with E-state index in [2.05, 4.69) is 54.8 Å². The summed E-state index contributed by atoms with van der Waals surface area (Å²) in [6.07, 6.45) is 2.24. The van der Waals surface area contributed by atoms with Crippen LogP contribution in [0.3, 0.4) is 0 Å². The van der Waals surface area contributed by atoms with Crippen molar-refractivity contribution in [2.75, 3.05) is 20.6 Å². The SMILES string of the molecule is CCC(C)c1c2c(nn1C)CCN(N(C)C)C2. The zero-order chi connectivity index (χ0) is 12.6.